The quantitative estimate of drug-likeness (QED) is 0.785. The standard InChI is InChI=1S/C20H24N4O5S/c1-13-22-12-15(20(25)21-2)19(23-13)16-5-3-4-8-24(16)30(26,27)14-6-7-17-18(11-14)29-10-9-28-17/h6-7,11-12,16H,3-5,8-10H2,1-2H3,(H,21,25)/t16-/m1/s1. The summed E-state index contributed by atoms with van der Waals surface area (Å²) in [7, 11) is -2.32. The average molecular weight is 433 g/mol. The highest BCUT2D eigenvalue weighted by molar-refractivity contribution is 7.89. The van der Waals surface area contributed by atoms with Gasteiger partial charge in [-0.25, -0.2) is 18.4 Å². The molecule has 0 aliphatic carbocycles. The lowest BCUT2D eigenvalue weighted by molar-refractivity contribution is 0.0958. The molecule has 0 unspecified atom stereocenters. The average Bonchev–Trinajstić information content (AvgIpc) is 2.78. The van der Waals surface area contributed by atoms with Gasteiger partial charge in [0.1, 0.15) is 19.0 Å². The van der Waals surface area contributed by atoms with Gasteiger partial charge in [0.15, 0.2) is 11.5 Å². The van der Waals surface area contributed by atoms with E-state index in [0.29, 0.717) is 49.2 Å². The molecule has 1 saturated heterocycles. The molecule has 1 N–H and O–H groups in total. The highest BCUT2D eigenvalue weighted by Crippen LogP contribution is 2.38. The van der Waals surface area contributed by atoms with Crippen LogP contribution in [0.3, 0.4) is 0 Å². The van der Waals surface area contributed by atoms with Gasteiger partial charge in [-0.2, -0.15) is 4.31 Å². The molecular formula is C20H24N4O5S. The van der Waals surface area contributed by atoms with Crippen LogP contribution in [0.5, 0.6) is 11.5 Å². The first-order valence-corrected chi connectivity index (χ1v) is 11.3. The Labute approximate surface area is 175 Å². The number of piperidine rings is 1. The molecule has 0 bridgehead atoms. The molecule has 2 aromatic rings. The summed E-state index contributed by atoms with van der Waals surface area (Å²) in [5.74, 6) is 1.09. The predicted molar refractivity (Wildman–Crippen MR) is 108 cm³/mol. The Hall–Kier alpha value is -2.72. The zero-order valence-corrected chi connectivity index (χ0v) is 17.7. The molecular weight excluding hydrogens is 408 g/mol. The van der Waals surface area contributed by atoms with E-state index in [1.807, 2.05) is 0 Å². The van der Waals surface area contributed by atoms with Gasteiger partial charge < -0.3 is 14.8 Å². The summed E-state index contributed by atoms with van der Waals surface area (Å²) in [5, 5.41) is 2.58. The van der Waals surface area contributed by atoms with Crippen LogP contribution in [0.25, 0.3) is 0 Å². The molecule has 1 fully saturated rings. The first-order chi connectivity index (χ1) is 14.4. The van der Waals surface area contributed by atoms with Crippen molar-refractivity contribution in [3.05, 3.63) is 41.5 Å². The lowest BCUT2D eigenvalue weighted by Crippen LogP contribution is -2.40. The van der Waals surface area contributed by atoms with Crippen LogP contribution < -0.4 is 14.8 Å². The maximum atomic E-state index is 13.6. The number of nitrogens with one attached hydrogen (secondary N) is 1. The van der Waals surface area contributed by atoms with Gasteiger partial charge in [0, 0.05) is 25.9 Å². The van der Waals surface area contributed by atoms with E-state index in [1.165, 1.54) is 29.7 Å². The van der Waals surface area contributed by atoms with Crippen LogP contribution in [0.4, 0.5) is 0 Å². The molecule has 30 heavy (non-hydrogen) atoms. The summed E-state index contributed by atoms with van der Waals surface area (Å²) in [4.78, 5) is 21.1. The molecule has 9 nitrogen and oxygen atoms in total. The molecule has 2 aliphatic rings. The maximum absolute atomic E-state index is 13.6. The smallest absolute Gasteiger partial charge is 0.254 e. The van der Waals surface area contributed by atoms with Gasteiger partial charge in [-0.05, 0) is 31.9 Å². The minimum Gasteiger partial charge on any atom is -0.486 e. The number of rotatable bonds is 4. The molecule has 0 radical (unpaired) electrons. The molecule has 2 aliphatic heterocycles. The third-order valence-electron chi connectivity index (χ3n) is 5.30. The van der Waals surface area contributed by atoms with E-state index in [9.17, 15) is 13.2 Å². The van der Waals surface area contributed by atoms with Crippen LogP contribution in [0.1, 0.15) is 47.2 Å². The SMILES string of the molecule is CNC(=O)c1cnc(C)nc1[C@H]1CCCCN1S(=O)(=O)c1ccc2c(c1)OCCO2. The number of amides is 1. The largest absolute Gasteiger partial charge is 0.486 e. The number of nitrogens with zero attached hydrogens (tertiary/aromatic N) is 3. The van der Waals surface area contributed by atoms with Gasteiger partial charge in [0.25, 0.3) is 5.91 Å². The number of benzene rings is 1. The Bertz CT molecular complexity index is 1070. The summed E-state index contributed by atoms with van der Waals surface area (Å²) < 4.78 is 39.7. The molecule has 1 aromatic carbocycles. The lowest BCUT2D eigenvalue weighted by Gasteiger charge is -2.35. The Morgan fingerprint density at radius 3 is 2.73 bits per heavy atom. The van der Waals surface area contributed by atoms with Crippen molar-refractivity contribution in [2.45, 2.75) is 37.1 Å². The topological polar surface area (TPSA) is 111 Å². The first kappa shape index (κ1) is 20.5. The second-order valence-electron chi connectivity index (χ2n) is 7.23. The number of ether oxygens (including phenoxy) is 2. The predicted octanol–water partition coefficient (Wildman–Crippen LogP) is 1.83. The highest BCUT2D eigenvalue weighted by atomic mass is 32.2. The fourth-order valence-electron chi connectivity index (χ4n) is 3.84. The van der Waals surface area contributed by atoms with Gasteiger partial charge in [-0.1, -0.05) is 6.42 Å². The molecule has 1 amide bonds. The zero-order valence-electron chi connectivity index (χ0n) is 16.9. The van der Waals surface area contributed by atoms with Crippen LogP contribution in [0.2, 0.25) is 0 Å². The van der Waals surface area contributed by atoms with Gasteiger partial charge in [-0.3, -0.25) is 4.79 Å². The van der Waals surface area contributed by atoms with Gasteiger partial charge in [-0.15, -0.1) is 0 Å². The minimum atomic E-state index is -3.85. The van der Waals surface area contributed by atoms with Crippen molar-refractivity contribution >= 4 is 15.9 Å². The molecule has 1 atom stereocenters. The highest BCUT2D eigenvalue weighted by Gasteiger charge is 2.37. The van der Waals surface area contributed by atoms with Crippen LogP contribution in [0, 0.1) is 6.92 Å². The van der Waals surface area contributed by atoms with Crippen LogP contribution in [-0.2, 0) is 10.0 Å². The molecule has 0 saturated carbocycles. The molecule has 4 rings (SSSR count). The number of aromatic nitrogens is 2. The van der Waals surface area contributed by atoms with E-state index in [0.717, 1.165) is 12.8 Å². The van der Waals surface area contributed by atoms with Crippen molar-refractivity contribution in [3.63, 3.8) is 0 Å². The summed E-state index contributed by atoms with van der Waals surface area (Å²) in [6.45, 7) is 2.87. The molecule has 160 valence electrons. The van der Waals surface area contributed by atoms with E-state index >= 15 is 0 Å². The number of hydrogen-bond acceptors (Lipinski definition) is 7. The van der Waals surface area contributed by atoms with Crippen LogP contribution in [0.15, 0.2) is 29.3 Å². The summed E-state index contributed by atoms with van der Waals surface area (Å²) >= 11 is 0. The van der Waals surface area contributed by atoms with E-state index < -0.39 is 16.1 Å². The van der Waals surface area contributed by atoms with Crippen molar-refractivity contribution in [1.82, 2.24) is 19.6 Å². The maximum Gasteiger partial charge on any atom is 0.254 e. The fourth-order valence-corrected chi connectivity index (χ4v) is 5.51. The Morgan fingerprint density at radius 1 is 1.20 bits per heavy atom. The number of fused-ring (bicyclic) bond motifs is 1. The van der Waals surface area contributed by atoms with Crippen molar-refractivity contribution in [2.75, 3.05) is 26.8 Å². The molecule has 0 spiro atoms. The van der Waals surface area contributed by atoms with E-state index in [-0.39, 0.29) is 16.4 Å². The second kappa shape index (κ2) is 8.19. The monoisotopic (exact) mass is 432 g/mol. The third-order valence-corrected chi connectivity index (χ3v) is 7.20. The van der Waals surface area contributed by atoms with Crippen LogP contribution in [-0.4, -0.2) is 55.4 Å². The lowest BCUT2D eigenvalue weighted by atomic mass is 9.98. The van der Waals surface area contributed by atoms with E-state index in [1.54, 1.807) is 13.0 Å². The normalized spacial score (nSPS) is 19.3. The number of carbonyl (C=O) groups excluding carboxylic acids is 1. The molecule has 10 heteroatoms. The van der Waals surface area contributed by atoms with Crippen LogP contribution >= 0.6 is 0 Å². The Kier molecular flexibility index (Phi) is 5.61. The molecule has 1 aromatic heterocycles. The summed E-state index contributed by atoms with van der Waals surface area (Å²) in [6.07, 6.45) is 3.61. The summed E-state index contributed by atoms with van der Waals surface area (Å²) in [6, 6.07) is 4.09. The van der Waals surface area contributed by atoms with Crippen molar-refractivity contribution < 1.29 is 22.7 Å². The first-order valence-electron chi connectivity index (χ1n) is 9.89. The fraction of sp³-hybridized carbons (Fsp3) is 0.450. The number of hydrogen-bond donors (Lipinski definition) is 1. The van der Waals surface area contributed by atoms with Gasteiger partial charge >= 0.3 is 0 Å². The second-order valence-corrected chi connectivity index (χ2v) is 9.12. The van der Waals surface area contributed by atoms with Gasteiger partial charge in [0.2, 0.25) is 10.0 Å². The number of sulfonamides is 1. The third kappa shape index (κ3) is 3.72. The summed E-state index contributed by atoms with van der Waals surface area (Å²) in [5.41, 5.74) is 0.722. The zero-order chi connectivity index (χ0) is 21.3. The van der Waals surface area contributed by atoms with Crippen molar-refractivity contribution in [2.24, 2.45) is 0 Å². The van der Waals surface area contributed by atoms with E-state index in [4.69, 9.17) is 9.47 Å². The van der Waals surface area contributed by atoms with Gasteiger partial charge in [0.05, 0.1) is 22.2 Å². The Morgan fingerprint density at radius 2 is 1.97 bits per heavy atom. The minimum absolute atomic E-state index is 0.130. The number of carbonyl (C=O) groups is 1. The molecule has 3 heterocycles. The Balaban J connectivity index is 1.76. The van der Waals surface area contributed by atoms with E-state index in [2.05, 4.69) is 15.3 Å². The van der Waals surface area contributed by atoms with Crippen molar-refractivity contribution in [3.8, 4) is 11.5 Å². The number of aryl methyl sites for hydroxylation is 1. The van der Waals surface area contributed by atoms with Crippen molar-refractivity contribution in [1.29, 1.82) is 0 Å².